The van der Waals surface area contributed by atoms with Crippen LogP contribution in [0.1, 0.15) is 45.2 Å². The molecule has 34 heavy (non-hydrogen) atoms. The van der Waals surface area contributed by atoms with Crippen molar-refractivity contribution in [2.75, 3.05) is 0 Å². The fourth-order valence-electron chi connectivity index (χ4n) is 3.72. The summed E-state index contributed by atoms with van der Waals surface area (Å²) >= 11 is 0. The first-order chi connectivity index (χ1) is 16.2. The van der Waals surface area contributed by atoms with Gasteiger partial charge in [-0.3, -0.25) is 24.5 Å². The molecule has 2 rings (SSSR count). The van der Waals surface area contributed by atoms with Crippen LogP contribution in [0, 0.1) is 11.8 Å². The molecule has 7 heteroatoms. The van der Waals surface area contributed by atoms with Gasteiger partial charge >= 0.3 is 0 Å². The van der Waals surface area contributed by atoms with Crippen LogP contribution in [0.5, 0.6) is 0 Å². The van der Waals surface area contributed by atoms with Crippen LogP contribution in [0.25, 0.3) is 0 Å². The second-order valence-corrected chi connectivity index (χ2v) is 8.91. The number of primary amides is 1. The summed E-state index contributed by atoms with van der Waals surface area (Å²) in [6.07, 6.45) is 1.46. The Kier molecular flexibility index (Phi) is 10.2. The number of carbonyl (C=O) groups excluding carboxylic acids is 3. The van der Waals surface area contributed by atoms with Crippen molar-refractivity contribution in [3.05, 3.63) is 83.4 Å². The van der Waals surface area contributed by atoms with E-state index >= 15 is 0 Å². The van der Waals surface area contributed by atoms with Crippen molar-refractivity contribution in [3.8, 4) is 0 Å². The SMILES string of the molecule is CC(C)C=C(CC(=O)NOCc1ccccc1)C(=O)[C@@](NCc1ccccc1)(C(N)=O)C(C)C. The molecule has 0 spiro atoms. The van der Waals surface area contributed by atoms with E-state index in [1.165, 1.54) is 0 Å². The van der Waals surface area contributed by atoms with Gasteiger partial charge in [-0.15, -0.1) is 0 Å². The van der Waals surface area contributed by atoms with Crippen molar-refractivity contribution in [1.29, 1.82) is 0 Å². The highest BCUT2D eigenvalue weighted by Crippen LogP contribution is 2.25. The summed E-state index contributed by atoms with van der Waals surface area (Å²) in [5.74, 6) is -2.24. The number of benzene rings is 2. The molecule has 7 nitrogen and oxygen atoms in total. The van der Waals surface area contributed by atoms with Gasteiger partial charge in [0.25, 0.3) is 0 Å². The number of allylic oxidation sites excluding steroid dienone is 1. The van der Waals surface area contributed by atoms with Gasteiger partial charge < -0.3 is 5.73 Å². The van der Waals surface area contributed by atoms with Crippen LogP contribution in [0.3, 0.4) is 0 Å². The summed E-state index contributed by atoms with van der Waals surface area (Å²) in [6, 6.07) is 18.8. The van der Waals surface area contributed by atoms with E-state index in [4.69, 9.17) is 10.6 Å². The number of hydrogen-bond acceptors (Lipinski definition) is 5. The Morgan fingerprint density at radius 1 is 0.941 bits per heavy atom. The number of ketones is 1. The first-order valence-electron chi connectivity index (χ1n) is 11.5. The van der Waals surface area contributed by atoms with Crippen molar-refractivity contribution in [2.45, 2.75) is 52.8 Å². The molecule has 2 aromatic carbocycles. The maximum absolute atomic E-state index is 13.8. The van der Waals surface area contributed by atoms with Crippen molar-refractivity contribution >= 4 is 17.6 Å². The van der Waals surface area contributed by atoms with E-state index in [2.05, 4.69) is 10.8 Å². The summed E-state index contributed by atoms with van der Waals surface area (Å²) in [4.78, 5) is 44.4. The number of hydroxylamine groups is 1. The van der Waals surface area contributed by atoms with Crippen LogP contribution in [0.2, 0.25) is 0 Å². The van der Waals surface area contributed by atoms with E-state index in [0.29, 0.717) is 0 Å². The monoisotopic (exact) mass is 465 g/mol. The van der Waals surface area contributed by atoms with Crippen molar-refractivity contribution in [3.63, 3.8) is 0 Å². The standard InChI is InChI=1S/C27H35N3O4/c1-19(2)15-23(16-24(31)30-34-18-22-13-9-6-10-14-22)25(32)27(20(3)4,26(28)33)29-17-21-11-7-5-8-12-21/h5-15,19-20,29H,16-18H2,1-4H3,(H2,28,33)(H,30,31)/t27-/m1/s1. The second kappa shape index (κ2) is 12.8. The first kappa shape index (κ1) is 27.0. The molecule has 0 aromatic heterocycles. The molecule has 182 valence electrons. The largest absolute Gasteiger partial charge is 0.368 e. The van der Waals surface area contributed by atoms with Crippen LogP contribution >= 0.6 is 0 Å². The summed E-state index contributed by atoms with van der Waals surface area (Å²) in [7, 11) is 0. The maximum atomic E-state index is 13.8. The molecule has 2 amide bonds. The molecule has 0 aliphatic carbocycles. The molecule has 0 heterocycles. The highest BCUT2D eigenvalue weighted by molar-refractivity contribution is 6.18. The van der Waals surface area contributed by atoms with Gasteiger partial charge in [-0.05, 0) is 23.0 Å². The molecule has 4 N–H and O–H groups in total. The number of carbonyl (C=O) groups is 3. The van der Waals surface area contributed by atoms with Crippen molar-refractivity contribution < 1.29 is 19.2 Å². The molecule has 0 aliphatic heterocycles. The molecule has 0 saturated carbocycles. The Morgan fingerprint density at radius 3 is 2.00 bits per heavy atom. The molecule has 0 fully saturated rings. The van der Waals surface area contributed by atoms with E-state index in [-0.39, 0.29) is 31.1 Å². The third-order valence-corrected chi connectivity index (χ3v) is 5.47. The zero-order valence-corrected chi connectivity index (χ0v) is 20.3. The number of rotatable bonds is 13. The van der Waals surface area contributed by atoms with Crippen molar-refractivity contribution in [2.24, 2.45) is 17.6 Å². The lowest BCUT2D eigenvalue weighted by Crippen LogP contribution is -2.64. The van der Waals surface area contributed by atoms with E-state index < -0.39 is 29.1 Å². The number of amides is 2. The Bertz CT molecular complexity index is 987. The van der Waals surface area contributed by atoms with E-state index in [9.17, 15) is 14.4 Å². The smallest absolute Gasteiger partial charge is 0.248 e. The van der Waals surface area contributed by atoms with Crippen LogP contribution in [-0.4, -0.2) is 23.1 Å². The fourth-order valence-corrected chi connectivity index (χ4v) is 3.72. The summed E-state index contributed by atoms with van der Waals surface area (Å²) < 4.78 is 0. The molecule has 0 aliphatic rings. The van der Waals surface area contributed by atoms with Crippen LogP contribution < -0.4 is 16.5 Å². The first-order valence-corrected chi connectivity index (χ1v) is 11.5. The highest BCUT2D eigenvalue weighted by atomic mass is 16.6. The van der Waals surface area contributed by atoms with Gasteiger partial charge in [0.05, 0.1) is 13.0 Å². The predicted molar refractivity (Wildman–Crippen MR) is 132 cm³/mol. The van der Waals surface area contributed by atoms with Crippen molar-refractivity contribution in [1.82, 2.24) is 10.8 Å². The van der Waals surface area contributed by atoms with Crippen LogP contribution in [0.15, 0.2) is 72.3 Å². The van der Waals surface area contributed by atoms with E-state index in [1.807, 2.05) is 74.5 Å². The zero-order chi connectivity index (χ0) is 25.1. The number of nitrogens with one attached hydrogen (secondary N) is 2. The second-order valence-electron chi connectivity index (χ2n) is 8.91. The molecule has 1 atom stereocenters. The Labute approximate surface area is 201 Å². The highest BCUT2D eigenvalue weighted by Gasteiger charge is 2.48. The summed E-state index contributed by atoms with van der Waals surface area (Å²) in [6.45, 7) is 7.79. The average molecular weight is 466 g/mol. The minimum Gasteiger partial charge on any atom is -0.368 e. The van der Waals surface area contributed by atoms with Gasteiger partial charge in [-0.25, -0.2) is 5.48 Å². The Morgan fingerprint density at radius 2 is 1.50 bits per heavy atom. The molecule has 2 aromatic rings. The lowest BCUT2D eigenvalue weighted by Gasteiger charge is -2.35. The number of nitrogens with two attached hydrogens (primary N) is 1. The van der Waals surface area contributed by atoms with Gasteiger partial charge in [0.15, 0.2) is 11.3 Å². The molecule has 0 unspecified atom stereocenters. The molecule has 0 saturated heterocycles. The lowest BCUT2D eigenvalue weighted by atomic mass is 9.77. The normalized spacial score (nSPS) is 13.5. The Balaban J connectivity index is 2.20. The summed E-state index contributed by atoms with van der Waals surface area (Å²) in [5.41, 5.74) is 8.55. The van der Waals surface area contributed by atoms with Gasteiger partial charge in [0.2, 0.25) is 11.8 Å². The third-order valence-electron chi connectivity index (χ3n) is 5.47. The maximum Gasteiger partial charge on any atom is 0.248 e. The summed E-state index contributed by atoms with van der Waals surface area (Å²) in [5, 5.41) is 3.11. The lowest BCUT2D eigenvalue weighted by molar-refractivity contribution is -0.139. The third kappa shape index (κ3) is 7.37. The van der Waals surface area contributed by atoms with Gasteiger partial charge in [0.1, 0.15) is 0 Å². The molecule has 0 radical (unpaired) electrons. The van der Waals surface area contributed by atoms with Crippen LogP contribution in [0.4, 0.5) is 0 Å². The minimum absolute atomic E-state index is 0.0242. The minimum atomic E-state index is -1.66. The quantitative estimate of drug-likeness (QED) is 0.238. The average Bonchev–Trinajstić information content (AvgIpc) is 2.79. The van der Waals surface area contributed by atoms with E-state index in [0.717, 1.165) is 11.1 Å². The fraction of sp³-hybridized carbons (Fsp3) is 0.370. The molecule has 0 bridgehead atoms. The van der Waals surface area contributed by atoms with Gasteiger partial charge in [-0.2, -0.15) is 0 Å². The number of Topliss-reactive ketones (excluding diaryl/α,β-unsaturated/α-hetero) is 1. The zero-order valence-electron chi connectivity index (χ0n) is 20.3. The Hall–Kier alpha value is -3.29. The van der Waals surface area contributed by atoms with Gasteiger partial charge in [-0.1, -0.05) is 94.4 Å². The number of hydrogen-bond donors (Lipinski definition) is 3. The van der Waals surface area contributed by atoms with E-state index in [1.54, 1.807) is 19.9 Å². The van der Waals surface area contributed by atoms with Gasteiger partial charge in [0, 0.05) is 12.1 Å². The molecular weight excluding hydrogens is 430 g/mol. The topological polar surface area (TPSA) is 111 Å². The van der Waals surface area contributed by atoms with Crippen LogP contribution in [-0.2, 0) is 32.4 Å². The molecular formula is C27H35N3O4. The predicted octanol–water partition coefficient (Wildman–Crippen LogP) is 3.45.